The number of carbonyl (C=O) groups is 1. The summed E-state index contributed by atoms with van der Waals surface area (Å²) >= 11 is 1.42. The van der Waals surface area contributed by atoms with Crippen molar-refractivity contribution in [1.82, 2.24) is 19.7 Å². The zero-order valence-corrected chi connectivity index (χ0v) is 18.0. The van der Waals surface area contributed by atoms with Gasteiger partial charge in [0.1, 0.15) is 5.75 Å². The highest BCUT2D eigenvalue weighted by Crippen LogP contribution is 2.31. The molecule has 0 aliphatic rings. The average molecular weight is 411 g/mol. The third-order valence-electron chi connectivity index (χ3n) is 4.68. The van der Waals surface area contributed by atoms with E-state index in [1.165, 1.54) is 11.8 Å². The fourth-order valence-electron chi connectivity index (χ4n) is 3.11. The Morgan fingerprint density at radius 3 is 2.48 bits per heavy atom. The van der Waals surface area contributed by atoms with Crippen LogP contribution in [-0.2, 0) is 4.79 Å². The van der Waals surface area contributed by atoms with Gasteiger partial charge in [0.15, 0.2) is 11.0 Å². The Balaban J connectivity index is 2.02. The summed E-state index contributed by atoms with van der Waals surface area (Å²) in [5, 5.41) is 9.29. The number of aromatic nitrogens is 3. The maximum absolute atomic E-state index is 12.7. The summed E-state index contributed by atoms with van der Waals surface area (Å²) in [5.41, 5.74) is 1.84. The Hall–Kier alpha value is -2.80. The van der Waals surface area contributed by atoms with Gasteiger partial charge in [-0.1, -0.05) is 42.1 Å². The molecule has 0 N–H and O–H groups in total. The minimum absolute atomic E-state index is 0.102. The van der Waals surface area contributed by atoms with Crippen molar-refractivity contribution in [3.63, 3.8) is 0 Å². The number of hydrogen-bond acceptors (Lipinski definition) is 5. The predicted octanol–water partition coefficient (Wildman–Crippen LogP) is 4.29. The topological polar surface area (TPSA) is 60.3 Å². The Morgan fingerprint density at radius 2 is 1.83 bits per heavy atom. The summed E-state index contributed by atoms with van der Waals surface area (Å²) in [6.45, 7) is 7.29. The quantitative estimate of drug-likeness (QED) is 0.519. The molecule has 3 rings (SSSR count). The summed E-state index contributed by atoms with van der Waals surface area (Å²) in [6, 6.07) is 17.7. The number of para-hydroxylation sites is 1. The Morgan fingerprint density at radius 1 is 1.10 bits per heavy atom. The van der Waals surface area contributed by atoms with Crippen LogP contribution < -0.4 is 4.74 Å². The predicted molar refractivity (Wildman–Crippen MR) is 117 cm³/mol. The molecule has 1 aromatic heterocycles. The van der Waals surface area contributed by atoms with Gasteiger partial charge in [0.25, 0.3) is 0 Å². The zero-order valence-electron chi connectivity index (χ0n) is 17.2. The maximum atomic E-state index is 12.7. The van der Waals surface area contributed by atoms with Crippen molar-refractivity contribution in [1.29, 1.82) is 0 Å². The number of methoxy groups -OCH3 is 1. The second kappa shape index (κ2) is 9.60. The molecule has 0 aliphatic carbocycles. The monoisotopic (exact) mass is 410 g/mol. The average Bonchev–Trinajstić information content (AvgIpc) is 3.18. The molecule has 0 spiro atoms. The maximum Gasteiger partial charge on any atom is 0.235 e. The van der Waals surface area contributed by atoms with E-state index in [9.17, 15) is 4.79 Å². The number of benzene rings is 2. The lowest BCUT2D eigenvalue weighted by Crippen LogP contribution is -2.36. The Kier molecular flexibility index (Phi) is 6.93. The number of ether oxygens (including phenoxy) is 1. The summed E-state index contributed by atoms with van der Waals surface area (Å²) in [5.74, 6) is 1.56. The largest absolute Gasteiger partial charge is 0.497 e. The highest BCUT2D eigenvalue weighted by atomic mass is 32.2. The highest BCUT2D eigenvalue weighted by Gasteiger charge is 2.24. The van der Waals surface area contributed by atoms with Crippen molar-refractivity contribution < 1.29 is 9.53 Å². The third-order valence-corrected chi connectivity index (χ3v) is 5.71. The fourth-order valence-corrected chi connectivity index (χ4v) is 4.06. The molecule has 2 aromatic carbocycles. The van der Waals surface area contributed by atoms with E-state index in [1.807, 2.05) is 84.8 Å². The van der Waals surface area contributed by atoms with Crippen molar-refractivity contribution in [2.75, 3.05) is 20.2 Å². The second-order valence-electron chi connectivity index (χ2n) is 6.48. The second-order valence-corrected chi connectivity index (χ2v) is 7.79. The molecule has 7 heteroatoms. The van der Waals surface area contributed by atoms with Crippen LogP contribution in [0.5, 0.6) is 5.75 Å². The van der Waals surface area contributed by atoms with Crippen LogP contribution in [0.1, 0.15) is 20.8 Å². The van der Waals surface area contributed by atoms with Crippen LogP contribution >= 0.6 is 11.8 Å². The number of nitrogens with zero attached hydrogens (tertiary/aromatic N) is 4. The lowest BCUT2D eigenvalue weighted by atomic mass is 10.2. The lowest BCUT2D eigenvalue weighted by molar-refractivity contribution is -0.129. The smallest absolute Gasteiger partial charge is 0.235 e. The lowest BCUT2D eigenvalue weighted by Gasteiger charge is -2.22. The molecule has 0 bridgehead atoms. The Labute approximate surface area is 175 Å². The minimum atomic E-state index is -0.264. The molecule has 29 heavy (non-hydrogen) atoms. The van der Waals surface area contributed by atoms with Crippen molar-refractivity contribution in [3.05, 3.63) is 54.6 Å². The first-order chi connectivity index (χ1) is 14.1. The van der Waals surface area contributed by atoms with Crippen LogP contribution in [0.25, 0.3) is 17.1 Å². The number of thioether (sulfide) groups is 1. The molecule has 0 aliphatic heterocycles. The van der Waals surface area contributed by atoms with Crippen LogP contribution in [0.2, 0.25) is 0 Å². The number of amides is 1. The van der Waals surface area contributed by atoms with Crippen LogP contribution in [0.3, 0.4) is 0 Å². The third kappa shape index (κ3) is 4.62. The molecule has 1 heterocycles. The van der Waals surface area contributed by atoms with E-state index in [2.05, 4.69) is 10.2 Å². The van der Waals surface area contributed by atoms with E-state index in [1.54, 1.807) is 7.11 Å². The van der Waals surface area contributed by atoms with E-state index in [-0.39, 0.29) is 11.2 Å². The van der Waals surface area contributed by atoms with Gasteiger partial charge in [-0.3, -0.25) is 9.36 Å². The number of rotatable bonds is 8. The standard InChI is InChI=1S/C22H26N4O2S/c1-5-25(6-2)21(27)16(3)29-22-24-23-20(17-11-10-14-19(15-17)28-4)26(22)18-12-8-7-9-13-18/h7-16H,5-6H2,1-4H3. The summed E-state index contributed by atoms with van der Waals surface area (Å²) in [4.78, 5) is 14.6. The molecule has 1 amide bonds. The fraction of sp³-hybridized carbons (Fsp3) is 0.318. The van der Waals surface area contributed by atoms with Gasteiger partial charge in [-0.05, 0) is 45.0 Å². The molecule has 0 saturated carbocycles. The molecule has 1 unspecified atom stereocenters. The van der Waals surface area contributed by atoms with Gasteiger partial charge in [-0.25, -0.2) is 0 Å². The molecule has 0 fully saturated rings. The van der Waals surface area contributed by atoms with Gasteiger partial charge in [0, 0.05) is 24.3 Å². The van der Waals surface area contributed by atoms with Crippen molar-refractivity contribution >= 4 is 17.7 Å². The molecule has 6 nitrogen and oxygen atoms in total. The molecule has 0 saturated heterocycles. The zero-order chi connectivity index (χ0) is 20.8. The highest BCUT2D eigenvalue weighted by molar-refractivity contribution is 8.00. The Bertz CT molecular complexity index is 954. The molecular formula is C22H26N4O2S. The van der Waals surface area contributed by atoms with Gasteiger partial charge in [-0.15, -0.1) is 10.2 Å². The SMILES string of the molecule is CCN(CC)C(=O)C(C)Sc1nnc(-c2cccc(OC)c2)n1-c1ccccc1. The van der Waals surface area contributed by atoms with E-state index in [4.69, 9.17) is 4.74 Å². The van der Waals surface area contributed by atoms with Crippen LogP contribution in [0, 0.1) is 0 Å². The summed E-state index contributed by atoms with van der Waals surface area (Å²) < 4.78 is 7.35. The first kappa shape index (κ1) is 20.9. The first-order valence-electron chi connectivity index (χ1n) is 9.69. The minimum Gasteiger partial charge on any atom is -0.497 e. The van der Waals surface area contributed by atoms with Gasteiger partial charge in [-0.2, -0.15) is 0 Å². The van der Waals surface area contributed by atoms with Crippen LogP contribution in [-0.4, -0.2) is 51.0 Å². The van der Waals surface area contributed by atoms with E-state index in [0.717, 1.165) is 17.0 Å². The molecule has 3 aromatic rings. The van der Waals surface area contributed by atoms with E-state index < -0.39 is 0 Å². The van der Waals surface area contributed by atoms with Gasteiger partial charge >= 0.3 is 0 Å². The number of carbonyl (C=O) groups excluding carboxylic acids is 1. The molecular weight excluding hydrogens is 384 g/mol. The van der Waals surface area contributed by atoms with Crippen LogP contribution in [0.15, 0.2) is 59.8 Å². The van der Waals surface area contributed by atoms with Crippen LogP contribution in [0.4, 0.5) is 0 Å². The normalized spacial score (nSPS) is 11.9. The van der Waals surface area contributed by atoms with E-state index >= 15 is 0 Å². The van der Waals surface area contributed by atoms with Crippen molar-refractivity contribution in [3.8, 4) is 22.8 Å². The summed E-state index contributed by atoms with van der Waals surface area (Å²) in [6.07, 6.45) is 0. The van der Waals surface area contributed by atoms with Gasteiger partial charge in [0.05, 0.1) is 12.4 Å². The van der Waals surface area contributed by atoms with E-state index in [0.29, 0.717) is 24.1 Å². The molecule has 152 valence electrons. The van der Waals surface area contributed by atoms with Gasteiger partial charge < -0.3 is 9.64 Å². The molecule has 1 atom stereocenters. The first-order valence-corrected chi connectivity index (χ1v) is 10.6. The van der Waals surface area contributed by atoms with Gasteiger partial charge in [0.2, 0.25) is 5.91 Å². The number of hydrogen-bond donors (Lipinski definition) is 0. The van der Waals surface area contributed by atoms with Crippen molar-refractivity contribution in [2.45, 2.75) is 31.2 Å². The van der Waals surface area contributed by atoms with Crippen molar-refractivity contribution in [2.24, 2.45) is 0 Å². The molecule has 0 radical (unpaired) electrons. The summed E-state index contributed by atoms with van der Waals surface area (Å²) in [7, 11) is 1.64.